The second-order valence-corrected chi connectivity index (χ2v) is 12.0. The monoisotopic (exact) mass is 601 g/mol. The highest BCUT2D eigenvalue weighted by Gasteiger charge is 2.56. The molecule has 2 N–H and O–H groups in total. The van der Waals surface area contributed by atoms with Gasteiger partial charge in [0.15, 0.2) is 5.69 Å². The smallest absolute Gasteiger partial charge is 0.351 e. The summed E-state index contributed by atoms with van der Waals surface area (Å²) in [5, 5.41) is 16.8. The van der Waals surface area contributed by atoms with E-state index >= 15 is 0 Å². The minimum absolute atomic E-state index is 0.0441. The Morgan fingerprint density at radius 3 is 2.63 bits per heavy atom. The average Bonchev–Trinajstić information content (AvgIpc) is 3.50. The summed E-state index contributed by atoms with van der Waals surface area (Å²) in [4.78, 5) is 27.3. The summed E-state index contributed by atoms with van der Waals surface area (Å²) >= 11 is 1.30. The van der Waals surface area contributed by atoms with Gasteiger partial charge in [0.25, 0.3) is 11.8 Å². The molecule has 3 aliphatic rings. The quantitative estimate of drug-likeness (QED) is 0.352. The van der Waals surface area contributed by atoms with E-state index in [1.54, 1.807) is 4.57 Å². The summed E-state index contributed by atoms with van der Waals surface area (Å²) < 4.78 is 82.4. The van der Waals surface area contributed by atoms with Crippen molar-refractivity contribution in [1.82, 2.24) is 29.9 Å². The molecule has 0 aliphatic heterocycles. The van der Waals surface area contributed by atoms with Crippen LogP contribution < -0.4 is 10.6 Å². The second kappa shape index (κ2) is 9.84. The Morgan fingerprint density at radius 1 is 1.27 bits per heavy atom. The van der Waals surface area contributed by atoms with E-state index in [1.807, 2.05) is 0 Å². The molecule has 0 spiro atoms. The summed E-state index contributed by atoms with van der Waals surface area (Å²) in [6, 6.07) is 0.555. The SMILES string of the molecule is Cn1nc(C(F)(F)F)cc1Nc1nncn1[C@H]1CCc2sc(CC(=O)[C@H]3C[C@H]3F)c(C(=O)NC[C@@H]3CC3(F)F)c2C1. The van der Waals surface area contributed by atoms with Crippen LogP contribution in [0.25, 0.3) is 0 Å². The van der Waals surface area contributed by atoms with E-state index in [4.69, 9.17) is 0 Å². The number of nitrogens with one attached hydrogen (secondary N) is 2. The van der Waals surface area contributed by atoms with Gasteiger partial charge in [-0.1, -0.05) is 0 Å². The van der Waals surface area contributed by atoms with E-state index in [1.165, 1.54) is 24.7 Å². The summed E-state index contributed by atoms with van der Waals surface area (Å²) in [5.41, 5.74) is -0.144. The predicted octanol–water partition coefficient (Wildman–Crippen LogP) is 4.42. The van der Waals surface area contributed by atoms with Crippen LogP contribution >= 0.6 is 11.3 Å². The van der Waals surface area contributed by atoms with E-state index in [0.717, 1.165) is 15.6 Å². The van der Waals surface area contributed by atoms with Crippen molar-refractivity contribution < 1.29 is 35.9 Å². The average molecular weight is 602 g/mol. The number of carbonyl (C=O) groups excluding carboxylic acids is 2. The number of Topliss-reactive ketones (excluding diaryl/α,β-unsaturated/α-hetero) is 1. The van der Waals surface area contributed by atoms with Gasteiger partial charge in [0.05, 0.1) is 11.5 Å². The third kappa shape index (κ3) is 5.45. The number of hydrogen-bond donors (Lipinski definition) is 2. The Morgan fingerprint density at radius 2 is 2.00 bits per heavy atom. The Kier molecular flexibility index (Phi) is 6.65. The molecule has 1 amide bonds. The number of nitrogens with zero attached hydrogens (tertiary/aromatic N) is 5. The van der Waals surface area contributed by atoms with Crippen LogP contribution in [0.1, 0.15) is 56.7 Å². The van der Waals surface area contributed by atoms with E-state index in [2.05, 4.69) is 25.9 Å². The minimum Gasteiger partial charge on any atom is -0.351 e. The number of thiophene rings is 1. The molecular formula is C25H25F6N7O2S. The third-order valence-electron chi connectivity index (χ3n) is 7.84. The van der Waals surface area contributed by atoms with Gasteiger partial charge < -0.3 is 10.6 Å². The van der Waals surface area contributed by atoms with Crippen LogP contribution in [0.2, 0.25) is 0 Å². The number of amides is 1. The summed E-state index contributed by atoms with van der Waals surface area (Å²) in [6.45, 7) is -0.202. The molecular weight excluding hydrogens is 576 g/mol. The Labute approximate surface area is 233 Å². The fourth-order valence-corrected chi connectivity index (χ4v) is 6.62. The molecule has 3 aromatic heterocycles. The van der Waals surface area contributed by atoms with Crippen molar-refractivity contribution in [3.8, 4) is 0 Å². The van der Waals surface area contributed by atoms with Gasteiger partial charge in [-0.25, -0.2) is 13.2 Å². The van der Waals surface area contributed by atoms with Crippen molar-refractivity contribution in [3.63, 3.8) is 0 Å². The second-order valence-electron chi connectivity index (χ2n) is 10.8. The zero-order valence-electron chi connectivity index (χ0n) is 21.6. The minimum atomic E-state index is -4.62. The molecule has 6 rings (SSSR count). The van der Waals surface area contributed by atoms with Crippen LogP contribution in [0.4, 0.5) is 38.1 Å². The van der Waals surface area contributed by atoms with Crippen molar-refractivity contribution in [2.45, 2.75) is 62.8 Å². The van der Waals surface area contributed by atoms with Gasteiger partial charge in [-0.05, 0) is 31.2 Å². The van der Waals surface area contributed by atoms with Crippen molar-refractivity contribution in [2.75, 3.05) is 11.9 Å². The molecule has 16 heteroatoms. The number of rotatable bonds is 9. The number of fused-ring (bicyclic) bond motifs is 1. The van der Waals surface area contributed by atoms with Gasteiger partial charge in [-0.15, -0.1) is 21.5 Å². The Hall–Kier alpha value is -3.43. The molecule has 0 bridgehead atoms. The molecule has 0 saturated heterocycles. The molecule has 0 aromatic carbocycles. The highest BCUT2D eigenvalue weighted by Crippen LogP contribution is 2.48. The molecule has 41 heavy (non-hydrogen) atoms. The molecule has 0 radical (unpaired) electrons. The lowest BCUT2D eigenvalue weighted by Gasteiger charge is -2.25. The van der Waals surface area contributed by atoms with Gasteiger partial charge in [-0.3, -0.25) is 18.8 Å². The molecule has 3 aliphatic carbocycles. The molecule has 3 aromatic rings. The summed E-state index contributed by atoms with van der Waals surface area (Å²) in [7, 11) is 1.36. The Bertz CT molecular complexity index is 1510. The summed E-state index contributed by atoms with van der Waals surface area (Å²) in [5.74, 6) is -5.06. The lowest BCUT2D eigenvalue weighted by atomic mass is 9.90. The van der Waals surface area contributed by atoms with Crippen LogP contribution in [0.3, 0.4) is 0 Å². The standard InChI is InChI=1S/C25H25F6N7O2S/c1-37-20(7-19(36-37)25(29,30)31)34-23-35-33-10-38(23)12-2-3-17-14(4-12)21(22(40)32-9-11-8-24(11,27)28)18(41-17)6-16(39)13-5-15(13)26/h7,10-13,15H,2-6,8-9H2,1H3,(H,32,40)(H,34,35)/t11-,12-,13-,15+/m0/s1. The molecule has 0 unspecified atom stereocenters. The van der Waals surface area contributed by atoms with Gasteiger partial charge in [-0.2, -0.15) is 18.3 Å². The molecule has 2 saturated carbocycles. The highest BCUT2D eigenvalue weighted by atomic mass is 32.1. The molecule has 220 valence electrons. The van der Waals surface area contributed by atoms with Crippen molar-refractivity contribution in [2.24, 2.45) is 18.9 Å². The van der Waals surface area contributed by atoms with Gasteiger partial charge in [0.1, 0.15) is 24.1 Å². The van der Waals surface area contributed by atoms with Crippen molar-refractivity contribution in [1.29, 1.82) is 0 Å². The van der Waals surface area contributed by atoms with Crippen LogP contribution in [0, 0.1) is 11.8 Å². The van der Waals surface area contributed by atoms with Gasteiger partial charge in [0, 0.05) is 54.2 Å². The number of hydrogen-bond acceptors (Lipinski definition) is 7. The van der Waals surface area contributed by atoms with Crippen molar-refractivity contribution >= 4 is 34.8 Å². The molecule has 2 fully saturated rings. The number of halogens is 6. The van der Waals surface area contributed by atoms with Crippen LogP contribution in [-0.4, -0.2) is 54.9 Å². The topological polar surface area (TPSA) is 107 Å². The fraction of sp³-hybridized carbons (Fsp3) is 0.560. The van der Waals surface area contributed by atoms with Gasteiger partial charge in [0.2, 0.25) is 5.95 Å². The highest BCUT2D eigenvalue weighted by molar-refractivity contribution is 7.12. The lowest BCUT2D eigenvalue weighted by molar-refractivity contribution is -0.141. The maximum atomic E-state index is 13.5. The van der Waals surface area contributed by atoms with Crippen LogP contribution in [0.5, 0.6) is 0 Å². The zero-order chi connectivity index (χ0) is 29.3. The van der Waals surface area contributed by atoms with E-state index in [9.17, 15) is 35.9 Å². The van der Waals surface area contributed by atoms with Gasteiger partial charge >= 0.3 is 6.18 Å². The first-order valence-electron chi connectivity index (χ1n) is 13.1. The van der Waals surface area contributed by atoms with E-state index in [0.29, 0.717) is 29.7 Å². The number of aryl methyl sites for hydroxylation is 2. The maximum absolute atomic E-state index is 13.5. The Balaban J connectivity index is 1.25. The fourth-order valence-electron chi connectivity index (χ4n) is 5.27. The van der Waals surface area contributed by atoms with Crippen LogP contribution in [-0.2, 0) is 37.3 Å². The number of alkyl halides is 6. The van der Waals surface area contributed by atoms with E-state index < -0.39 is 41.7 Å². The largest absolute Gasteiger partial charge is 0.435 e. The number of carbonyl (C=O) groups is 2. The van der Waals surface area contributed by atoms with Crippen LogP contribution in [0.15, 0.2) is 12.4 Å². The third-order valence-corrected chi connectivity index (χ3v) is 9.13. The first-order chi connectivity index (χ1) is 19.3. The lowest BCUT2D eigenvalue weighted by Crippen LogP contribution is -2.29. The maximum Gasteiger partial charge on any atom is 0.435 e. The van der Waals surface area contributed by atoms with Crippen molar-refractivity contribution in [3.05, 3.63) is 39.0 Å². The number of ketones is 1. The predicted molar refractivity (Wildman–Crippen MR) is 134 cm³/mol. The molecule has 9 nitrogen and oxygen atoms in total. The first-order valence-corrected chi connectivity index (χ1v) is 13.9. The zero-order valence-corrected chi connectivity index (χ0v) is 22.5. The normalized spacial score (nSPS) is 24.6. The summed E-state index contributed by atoms with van der Waals surface area (Å²) in [6.07, 6.45) is -3.21. The van der Waals surface area contributed by atoms with E-state index in [-0.39, 0.29) is 55.0 Å². The first kappa shape index (κ1) is 27.7. The molecule has 3 heterocycles. The number of aromatic nitrogens is 5. The molecule has 4 atom stereocenters. The number of anilines is 2.